The number of benzene rings is 3. The first-order valence-electron chi connectivity index (χ1n) is 11.3. The van der Waals surface area contributed by atoms with E-state index in [1.54, 1.807) is 0 Å². The smallest absolute Gasteiger partial charge is 0.198 e. The Kier molecular flexibility index (Phi) is 4.81. The highest BCUT2D eigenvalue weighted by Crippen LogP contribution is 2.38. The first-order chi connectivity index (χ1) is 15.2. The van der Waals surface area contributed by atoms with Crippen LogP contribution in [0, 0.1) is 20.8 Å². The summed E-state index contributed by atoms with van der Waals surface area (Å²) in [7, 11) is 1.93. The van der Waals surface area contributed by atoms with E-state index in [-0.39, 0.29) is 11.5 Å². The lowest BCUT2D eigenvalue weighted by atomic mass is 9.82. The number of hydrogen-bond acceptors (Lipinski definition) is 0. The first-order valence-corrected chi connectivity index (χ1v) is 10.8. The summed E-state index contributed by atoms with van der Waals surface area (Å²) in [5, 5.41) is 2.49. The van der Waals surface area contributed by atoms with Gasteiger partial charge in [0.25, 0.3) is 0 Å². The number of aromatic nitrogens is 1. The van der Waals surface area contributed by atoms with Gasteiger partial charge in [0.05, 0.1) is 17.9 Å². The van der Waals surface area contributed by atoms with Crippen LogP contribution in [-0.2, 0) is 18.6 Å². The van der Waals surface area contributed by atoms with E-state index in [4.69, 9.17) is 1.37 Å². The molecule has 0 aliphatic carbocycles. The Morgan fingerprint density at radius 2 is 1.47 bits per heavy atom. The predicted octanol–water partition coefficient (Wildman–Crippen LogP) is 7.73. The molecule has 4 aromatic rings. The topological polar surface area (TPSA) is 3.88 Å². The van der Waals surface area contributed by atoms with Crippen molar-refractivity contribution in [2.45, 2.75) is 53.1 Å². The fraction of sp³-hybridized carbons (Fsp3) is 0.321. The van der Waals surface area contributed by atoms with Crippen molar-refractivity contribution in [2.24, 2.45) is 7.05 Å². The van der Waals surface area contributed by atoms with E-state index in [2.05, 4.69) is 46.8 Å². The van der Waals surface area contributed by atoms with E-state index in [1.165, 1.54) is 23.3 Å². The molecular formula is C28H29F3N+. The Morgan fingerprint density at radius 1 is 0.812 bits per heavy atom. The normalized spacial score (nSPS) is 13.1. The zero-order valence-electron chi connectivity index (χ0n) is 20.6. The van der Waals surface area contributed by atoms with Gasteiger partial charge in [-0.2, -0.15) is 17.7 Å². The molecule has 0 bridgehead atoms. The molecule has 0 atom stereocenters. The molecule has 4 heteroatoms. The fourth-order valence-corrected chi connectivity index (χ4v) is 4.31. The zero-order chi connectivity index (χ0) is 24.5. The maximum Gasteiger partial charge on any atom is 0.416 e. The monoisotopic (exact) mass is 437 g/mol. The van der Waals surface area contributed by atoms with Gasteiger partial charge in [0.1, 0.15) is 7.05 Å². The van der Waals surface area contributed by atoms with Gasteiger partial charge in [0.15, 0.2) is 5.69 Å². The second kappa shape index (κ2) is 7.33. The largest absolute Gasteiger partial charge is 0.416 e. The molecule has 1 heterocycles. The number of hydrogen-bond donors (Lipinski definition) is 0. The summed E-state index contributed by atoms with van der Waals surface area (Å²) in [5.74, 6) is 0. The minimum Gasteiger partial charge on any atom is -0.198 e. The van der Waals surface area contributed by atoms with Crippen LogP contribution in [0.15, 0.2) is 48.5 Å². The molecule has 0 aliphatic heterocycles. The van der Waals surface area contributed by atoms with E-state index in [1.807, 2.05) is 30.7 Å². The second-order valence-corrected chi connectivity index (χ2v) is 9.76. The molecule has 0 radical (unpaired) electrons. The van der Waals surface area contributed by atoms with Crippen LogP contribution >= 0.6 is 0 Å². The van der Waals surface area contributed by atoms with Gasteiger partial charge in [-0.1, -0.05) is 39.0 Å². The average molecular weight is 438 g/mol. The van der Waals surface area contributed by atoms with Crippen LogP contribution in [0.2, 0.25) is 0 Å². The summed E-state index contributed by atoms with van der Waals surface area (Å²) in [4.78, 5) is 0. The van der Waals surface area contributed by atoms with E-state index in [9.17, 15) is 13.2 Å². The Hall–Kier alpha value is -2.88. The molecule has 1 aromatic heterocycles. The molecule has 0 fully saturated rings. The van der Waals surface area contributed by atoms with Crippen LogP contribution in [0.5, 0.6) is 0 Å². The van der Waals surface area contributed by atoms with Crippen molar-refractivity contribution in [2.75, 3.05) is 0 Å². The standard InChI is InChI=1S/C28H29F3N/c1-16-12-21(27(4,5)6)15-23(18(16)3)26-22-11-9-19-8-10-20(28(29,30)31)14-24(19)25(22)13-17(2)32(26)7/h8-15H,1-7H3/q+1/i13D. The van der Waals surface area contributed by atoms with Gasteiger partial charge in [-0.05, 0) is 71.0 Å². The van der Waals surface area contributed by atoms with E-state index >= 15 is 0 Å². The Balaban J connectivity index is 2.20. The Labute approximate surface area is 188 Å². The van der Waals surface area contributed by atoms with Crippen LogP contribution in [0.3, 0.4) is 0 Å². The molecule has 0 unspecified atom stereocenters. The minimum atomic E-state index is -4.44. The highest BCUT2D eigenvalue weighted by atomic mass is 19.4. The molecular weight excluding hydrogens is 407 g/mol. The molecule has 0 saturated carbocycles. The number of alkyl halides is 3. The van der Waals surface area contributed by atoms with E-state index in [0.29, 0.717) is 21.9 Å². The summed E-state index contributed by atoms with van der Waals surface area (Å²) < 4.78 is 51.4. The first kappa shape index (κ1) is 21.0. The Morgan fingerprint density at radius 3 is 2.09 bits per heavy atom. The maximum atomic E-state index is 13.5. The van der Waals surface area contributed by atoms with Crippen molar-refractivity contribution in [1.29, 1.82) is 0 Å². The summed E-state index contributed by atoms with van der Waals surface area (Å²) >= 11 is 0. The third-order valence-corrected chi connectivity index (χ3v) is 6.54. The molecule has 4 rings (SSSR count). The van der Waals surface area contributed by atoms with Crippen LogP contribution < -0.4 is 4.57 Å². The molecule has 3 aromatic carbocycles. The van der Waals surface area contributed by atoms with Crippen LogP contribution in [-0.4, -0.2) is 0 Å². The highest BCUT2D eigenvalue weighted by Gasteiger charge is 2.31. The van der Waals surface area contributed by atoms with Crippen molar-refractivity contribution in [3.8, 4) is 11.3 Å². The molecule has 1 nitrogen and oxygen atoms in total. The zero-order valence-corrected chi connectivity index (χ0v) is 19.6. The van der Waals surface area contributed by atoms with Crippen LogP contribution in [0.4, 0.5) is 13.2 Å². The molecule has 166 valence electrons. The van der Waals surface area contributed by atoms with Gasteiger partial charge in [-0.3, -0.25) is 0 Å². The van der Waals surface area contributed by atoms with Crippen LogP contribution in [0.1, 0.15) is 50.1 Å². The lowest BCUT2D eigenvalue weighted by Crippen LogP contribution is -2.35. The minimum absolute atomic E-state index is 0.0553. The van der Waals surface area contributed by atoms with Crippen molar-refractivity contribution in [1.82, 2.24) is 0 Å². The van der Waals surface area contributed by atoms with Crippen molar-refractivity contribution in [3.05, 3.63) is 76.5 Å². The van der Waals surface area contributed by atoms with Crippen molar-refractivity contribution < 1.29 is 19.1 Å². The summed E-state index contributed by atoms with van der Waals surface area (Å²) in [6.07, 6.45) is -4.44. The molecule has 0 aliphatic rings. The van der Waals surface area contributed by atoms with Gasteiger partial charge in [-0.25, -0.2) is 0 Å². The van der Waals surface area contributed by atoms with Crippen molar-refractivity contribution >= 4 is 21.5 Å². The fourth-order valence-electron chi connectivity index (χ4n) is 4.31. The van der Waals surface area contributed by atoms with Crippen molar-refractivity contribution in [3.63, 3.8) is 0 Å². The van der Waals surface area contributed by atoms with E-state index < -0.39 is 11.7 Å². The predicted molar refractivity (Wildman–Crippen MR) is 126 cm³/mol. The third kappa shape index (κ3) is 3.66. The number of fused-ring (bicyclic) bond motifs is 3. The maximum absolute atomic E-state index is 13.5. The summed E-state index contributed by atoms with van der Waals surface area (Å²) in [6.45, 7) is 12.5. The van der Waals surface area contributed by atoms with Gasteiger partial charge < -0.3 is 0 Å². The average Bonchev–Trinajstić information content (AvgIpc) is 2.72. The SMILES string of the molecule is [2H]c1c(C)[n+](C)c(-c2cc(C(C)(C)C)cc(C)c2C)c2ccc3ccc(C(F)(F)F)cc3c12. The molecule has 32 heavy (non-hydrogen) atoms. The van der Waals surface area contributed by atoms with Gasteiger partial charge >= 0.3 is 6.18 Å². The van der Waals surface area contributed by atoms with E-state index in [0.717, 1.165) is 28.3 Å². The molecule has 0 saturated heterocycles. The number of aryl methyl sites for hydroxylation is 1. The van der Waals surface area contributed by atoms with Crippen LogP contribution in [0.25, 0.3) is 32.8 Å². The van der Waals surface area contributed by atoms with Gasteiger partial charge in [-0.15, -0.1) is 0 Å². The number of rotatable bonds is 1. The lowest BCUT2D eigenvalue weighted by molar-refractivity contribution is -0.665. The highest BCUT2D eigenvalue weighted by molar-refractivity contribution is 6.11. The second-order valence-electron chi connectivity index (χ2n) is 9.76. The van der Waals surface area contributed by atoms with Gasteiger partial charge in [0, 0.05) is 18.4 Å². The molecule has 0 N–H and O–H groups in total. The summed E-state index contributed by atoms with van der Waals surface area (Å²) in [6, 6.07) is 12.2. The summed E-state index contributed by atoms with van der Waals surface area (Å²) in [5.41, 5.74) is 5.41. The Bertz CT molecular complexity index is 1430. The number of pyridine rings is 1. The number of halogens is 3. The third-order valence-electron chi connectivity index (χ3n) is 6.54. The quantitative estimate of drug-likeness (QED) is 0.212. The lowest BCUT2D eigenvalue weighted by Gasteiger charge is -2.22. The molecule has 0 spiro atoms. The van der Waals surface area contributed by atoms with Gasteiger partial charge in [0.2, 0.25) is 5.69 Å². The molecule has 0 amide bonds. The number of nitrogens with zero attached hydrogens (tertiary/aromatic N) is 1.